The topological polar surface area (TPSA) is 79.8 Å². The summed E-state index contributed by atoms with van der Waals surface area (Å²) in [4.78, 5) is 24.0. The maximum absolute atomic E-state index is 12.1. The molecule has 0 saturated carbocycles. The molecule has 3 aromatic carbocycles. The van der Waals surface area contributed by atoms with Gasteiger partial charge in [-0.15, -0.1) is 0 Å². The Morgan fingerprint density at radius 1 is 0.967 bits per heavy atom. The van der Waals surface area contributed by atoms with Crippen LogP contribution in [-0.4, -0.2) is 24.6 Å². The molecule has 0 spiro atoms. The minimum absolute atomic E-state index is 0.0894. The maximum atomic E-state index is 12.1. The second-order valence-electron chi connectivity index (χ2n) is 6.79. The Labute approximate surface area is 175 Å². The van der Waals surface area contributed by atoms with E-state index in [9.17, 15) is 9.59 Å². The predicted molar refractivity (Wildman–Crippen MR) is 118 cm³/mol. The fraction of sp³-hybridized carbons (Fsp3) is 0.125. The highest BCUT2D eigenvalue weighted by molar-refractivity contribution is 5.95. The second kappa shape index (κ2) is 10.0. The number of hydrogen-bond donors (Lipinski definition) is 2. The van der Waals surface area contributed by atoms with Gasteiger partial charge in [0.05, 0.1) is 6.21 Å². The summed E-state index contributed by atoms with van der Waals surface area (Å²) < 4.78 is 5.53. The molecular formula is C24H23N3O3. The van der Waals surface area contributed by atoms with E-state index >= 15 is 0 Å². The Hall–Kier alpha value is -3.93. The average Bonchev–Trinajstić information content (AvgIpc) is 2.76. The standard InChI is InChI=1S/C24H23N3O3/c1-17-8-13-22(18(2)14-17)26-23(28)16-30-21-11-9-19(10-12-21)15-25-27-24(29)20-6-4-3-5-7-20/h3-15H,16H2,1-2H3,(H,26,28)(H,27,29)/b25-15+. The van der Waals surface area contributed by atoms with E-state index in [1.165, 1.54) is 6.21 Å². The van der Waals surface area contributed by atoms with E-state index in [4.69, 9.17) is 4.74 Å². The quantitative estimate of drug-likeness (QED) is 0.462. The Morgan fingerprint density at radius 3 is 2.40 bits per heavy atom. The summed E-state index contributed by atoms with van der Waals surface area (Å²) in [6, 6.07) is 21.8. The fourth-order valence-electron chi connectivity index (χ4n) is 2.76. The smallest absolute Gasteiger partial charge is 0.271 e. The third-order valence-electron chi connectivity index (χ3n) is 4.32. The first kappa shape index (κ1) is 20.8. The van der Waals surface area contributed by atoms with Gasteiger partial charge < -0.3 is 10.1 Å². The highest BCUT2D eigenvalue weighted by atomic mass is 16.5. The molecule has 6 heteroatoms. The van der Waals surface area contributed by atoms with Crippen molar-refractivity contribution in [3.05, 3.63) is 95.1 Å². The van der Waals surface area contributed by atoms with E-state index in [-0.39, 0.29) is 18.4 Å². The lowest BCUT2D eigenvalue weighted by molar-refractivity contribution is -0.118. The molecule has 0 heterocycles. The zero-order chi connectivity index (χ0) is 21.3. The van der Waals surface area contributed by atoms with Crippen molar-refractivity contribution < 1.29 is 14.3 Å². The molecule has 3 aromatic rings. The van der Waals surface area contributed by atoms with Crippen molar-refractivity contribution in [2.75, 3.05) is 11.9 Å². The lowest BCUT2D eigenvalue weighted by atomic mass is 10.1. The summed E-state index contributed by atoms with van der Waals surface area (Å²) in [6.07, 6.45) is 1.54. The predicted octanol–water partition coefficient (Wildman–Crippen LogP) is 4.08. The van der Waals surface area contributed by atoms with Gasteiger partial charge in [0.1, 0.15) is 5.75 Å². The summed E-state index contributed by atoms with van der Waals surface area (Å²) in [5, 5.41) is 6.80. The van der Waals surface area contributed by atoms with Crippen molar-refractivity contribution in [1.29, 1.82) is 0 Å². The minimum atomic E-state index is -0.276. The molecule has 3 rings (SSSR count). The first-order valence-electron chi connectivity index (χ1n) is 9.50. The van der Waals surface area contributed by atoms with E-state index < -0.39 is 0 Å². The Bertz CT molecular complexity index is 1050. The van der Waals surface area contributed by atoms with Crippen molar-refractivity contribution in [1.82, 2.24) is 5.43 Å². The largest absolute Gasteiger partial charge is 0.484 e. The number of hydrazone groups is 1. The van der Waals surface area contributed by atoms with Crippen LogP contribution in [0.4, 0.5) is 5.69 Å². The second-order valence-corrected chi connectivity index (χ2v) is 6.79. The van der Waals surface area contributed by atoms with Crippen molar-refractivity contribution in [2.45, 2.75) is 13.8 Å². The van der Waals surface area contributed by atoms with Crippen molar-refractivity contribution >= 4 is 23.7 Å². The summed E-state index contributed by atoms with van der Waals surface area (Å²) in [6.45, 7) is 3.87. The lowest BCUT2D eigenvalue weighted by Gasteiger charge is -2.10. The summed E-state index contributed by atoms with van der Waals surface area (Å²) in [7, 11) is 0. The number of hydrogen-bond acceptors (Lipinski definition) is 4. The molecular weight excluding hydrogens is 378 g/mol. The molecule has 0 unspecified atom stereocenters. The van der Waals surface area contributed by atoms with Crippen molar-refractivity contribution in [3.8, 4) is 5.75 Å². The van der Waals surface area contributed by atoms with Gasteiger partial charge >= 0.3 is 0 Å². The van der Waals surface area contributed by atoms with Gasteiger partial charge in [0.15, 0.2) is 6.61 Å². The van der Waals surface area contributed by atoms with Crippen molar-refractivity contribution in [3.63, 3.8) is 0 Å². The molecule has 0 atom stereocenters. The fourth-order valence-corrected chi connectivity index (χ4v) is 2.76. The van der Waals surface area contributed by atoms with Gasteiger partial charge in [-0.05, 0) is 67.4 Å². The van der Waals surface area contributed by atoms with Crippen LogP contribution >= 0.6 is 0 Å². The van der Waals surface area contributed by atoms with Crippen LogP contribution in [0.25, 0.3) is 0 Å². The molecule has 0 bridgehead atoms. The summed E-state index contributed by atoms with van der Waals surface area (Å²) in [5.74, 6) is 0.0640. The molecule has 0 aliphatic carbocycles. The molecule has 0 aliphatic rings. The minimum Gasteiger partial charge on any atom is -0.484 e. The van der Waals surface area contributed by atoms with Gasteiger partial charge in [-0.1, -0.05) is 35.9 Å². The lowest BCUT2D eigenvalue weighted by Crippen LogP contribution is -2.20. The Kier molecular flexibility index (Phi) is 6.95. The first-order valence-corrected chi connectivity index (χ1v) is 9.50. The van der Waals surface area contributed by atoms with E-state index in [0.29, 0.717) is 11.3 Å². The molecule has 2 amide bonds. The molecule has 152 valence electrons. The summed E-state index contributed by atoms with van der Waals surface area (Å²) in [5.41, 5.74) is 6.73. The molecule has 0 radical (unpaired) electrons. The van der Waals surface area contributed by atoms with Gasteiger partial charge in [-0.2, -0.15) is 5.10 Å². The molecule has 0 fully saturated rings. The monoisotopic (exact) mass is 401 g/mol. The highest BCUT2D eigenvalue weighted by Gasteiger charge is 2.06. The van der Waals surface area contributed by atoms with Gasteiger partial charge in [-0.25, -0.2) is 5.43 Å². The van der Waals surface area contributed by atoms with Crippen molar-refractivity contribution in [2.24, 2.45) is 5.10 Å². The molecule has 30 heavy (non-hydrogen) atoms. The number of nitrogens with one attached hydrogen (secondary N) is 2. The summed E-state index contributed by atoms with van der Waals surface area (Å²) >= 11 is 0. The SMILES string of the molecule is Cc1ccc(NC(=O)COc2ccc(/C=N/NC(=O)c3ccccc3)cc2)c(C)c1. The number of nitrogens with zero attached hydrogens (tertiary/aromatic N) is 1. The van der Waals surface area contributed by atoms with E-state index in [2.05, 4.69) is 15.8 Å². The number of ether oxygens (including phenoxy) is 1. The van der Waals surface area contributed by atoms with Crippen LogP contribution in [0, 0.1) is 13.8 Å². The third kappa shape index (κ3) is 6.04. The molecule has 2 N–H and O–H groups in total. The number of anilines is 1. The number of carbonyl (C=O) groups excluding carboxylic acids is 2. The number of amides is 2. The van der Waals surface area contributed by atoms with Gasteiger partial charge in [0.25, 0.3) is 11.8 Å². The number of carbonyl (C=O) groups is 2. The number of rotatable bonds is 7. The number of benzene rings is 3. The zero-order valence-corrected chi connectivity index (χ0v) is 16.9. The molecule has 0 aromatic heterocycles. The highest BCUT2D eigenvalue weighted by Crippen LogP contribution is 2.16. The van der Waals surface area contributed by atoms with Gasteiger partial charge in [-0.3, -0.25) is 9.59 Å². The number of aryl methyl sites for hydroxylation is 2. The first-order chi connectivity index (χ1) is 14.5. The van der Waals surface area contributed by atoms with E-state index in [0.717, 1.165) is 22.4 Å². The van der Waals surface area contributed by atoms with Gasteiger partial charge in [0.2, 0.25) is 0 Å². The van der Waals surface area contributed by atoms with E-state index in [1.54, 1.807) is 48.5 Å². The molecule has 6 nitrogen and oxygen atoms in total. The van der Waals surface area contributed by atoms with Crippen LogP contribution in [-0.2, 0) is 4.79 Å². The molecule has 0 saturated heterocycles. The molecule has 0 aliphatic heterocycles. The maximum Gasteiger partial charge on any atom is 0.271 e. The zero-order valence-electron chi connectivity index (χ0n) is 16.9. The average molecular weight is 401 g/mol. The van der Waals surface area contributed by atoms with Crippen LogP contribution < -0.4 is 15.5 Å². The van der Waals surface area contributed by atoms with Crippen LogP contribution in [0.1, 0.15) is 27.0 Å². The normalized spacial score (nSPS) is 10.6. The van der Waals surface area contributed by atoms with Crippen LogP contribution in [0.2, 0.25) is 0 Å². The van der Waals surface area contributed by atoms with Crippen LogP contribution in [0.3, 0.4) is 0 Å². The van der Waals surface area contributed by atoms with Crippen LogP contribution in [0.15, 0.2) is 77.9 Å². The Balaban J connectivity index is 1.47. The van der Waals surface area contributed by atoms with Crippen LogP contribution in [0.5, 0.6) is 5.75 Å². The Morgan fingerprint density at radius 2 is 1.70 bits per heavy atom. The van der Waals surface area contributed by atoms with E-state index in [1.807, 2.05) is 38.1 Å². The van der Waals surface area contributed by atoms with Gasteiger partial charge in [0, 0.05) is 11.3 Å². The third-order valence-corrected chi connectivity index (χ3v) is 4.32.